The second-order valence-corrected chi connectivity index (χ2v) is 8.33. The Balaban J connectivity index is 1.56. The van der Waals surface area contributed by atoms with Crippen molar-refractivity contribution in [3.05, 3.63) is 103 Å². The predicted octanol–water partition coefficient (Wildman–Crippen LogP) is 6.46. The van der Waals surface area contributed by atoms with Crippen LogP contribution in [0.5, 0.6) is 11.5 Å². The largest absolute Gasteiger partial charge is 0.493 e. The van der Waals surface area contributed by atoms with Crippen LogP contribution in [0.2, 0.25) is 10.0 Å². The predicted molar refractivity (Wildman–Crippen MR) is 131 cm³/mol. The summed E-state index contributed by atoms with van der Waals surface area (Å²) in [5.74, 6) is 0.912. The number of hydrogen-bond acceptors (Lipinski definition) is 6. The lowest BCUT2D eigenvalue weighted by Gasteiger charge is -2.10. The minimum absolute atomic E-state index is 0.196. The molecule has 0 N–H and O–H groups in total. The van der Waals surface area contributed by atoms with Crippen molar-refractivity contribution in [3.63, 3.8) is 0 Å². The zero-order valence-electron chi connectivity index (χ0n) is 17.8. The normalized spacial score (nSPS) is 11.1. The highest BCUT2D eigenvalue weighted by atomic mass is 35.5. The zero-order valence-corrected chi connectivity index (χ0v) is 19.3. The summed E-state index contributed by atoms with van der Waals surface area (Å²) < 4.78 is 22.0. The lowest BCUT2D eigenvalue weighted by Crippen LogP contribution is -2.07. The van der Waals surface area contributed by atoms with Crippen molar-refractivity contribution in [2.45, 2.75) is 6.61 Å². The molecule has 170 valence electrons. The fourth-order valence-electron chi connectivity index (χ4n) is 3.72. The molecule has 5 rings (SSSR count). The van der Waals surface area contributed by atoms with Crippen molar-refractivity contribution < 1.29 is 18.3 Å². The first-order valence-electron chi connectivity index (χ1n) is 10.2. The first-order chi connectivity index (χ1) is 16.4. The van der Waals surface area contributed by atoms with E-state index in [1.165, 1.54) is 13.2 Å². The molecule has 0 amide bonds. The summed E-state index contributed by atoms with van der Waals surface area (Å²) in [4.78, 5) is 25.2. The van der Waals surface area contributed by atoms with Gasteiger partial charge in [0.1, 0.15) is 17.9 Å². The maximum atomic E-state index is 12.8. The Kier molecular flexibility index (Phi) is 5.77. The molecule has 0 bridgehead atoms. The van der Waals surface area contributed by atoms with Gasteiger partial charge in [-0.2, -0.15) is 0 Å². The molecule has 0 aliphatic heterocycles. The Bertz CT molecular complexity index is 1670. The van der Waals surface area contributed by atoms with Gasteiger partial charge in [-0.25, -0.2) is 9.59 Å². The third-order valence-electron chi connectivity index (χ3n) is 5.36. The van der Waals surface area contributed by atoms with Crippen molar-refractivity contribution in [2.75, 3.05) is 7.11 Å². The first kappa shape index (κ1) is 22.1. The van der Waals surface area contributed by atoms with E-state index in [9.17, 15) is 9.59 Å². The molecule has 0 saturated carbocycles. The maximum Gasteiger partial charge on any atom is 0.344 e. The number of rotatable bonds is 5. The van der Waals surface area contributed by atoms with E-state index in [0.717, 1.165) is 5.56 Å². The SMILES string of the molecule is COc1cccc2cc(-c3cc(=O)oc4cc(OCc5ccc(Cl)cc5Cl)ccc34)c(=O)oc12. The number of para-hydroxylation sites is 1. The molecule has 0 aliphatic rings. The van der Waals surface area contributed by atoms with Gasteiger partial charge in [0.05, 0.1) is 12.7 Å². The number of benzene rings is 3. The fraction of sp³-hybridized carbons (Fsp3) is 0.0769. The van der Waals surface area contributed by atoms with Gasteiger partial charge in [0, 0.05) is 44.1 Å². The quantitative estimate of drug-likeness (QED) is 0.261. The van der Waals surface area contributed by atoms with E-state index in [1.54, 1.807) is 60.7 Å². The molecular formula is C26H16Cl2O6. The van der Waals surface area contributed by atoms with Crippen LogP contribution in [0, 0.1) is 0 Å². The van der Waals surface area contributed by atoms with Gasteiger partial charge < -0.3 is 18.3 Å². The summed E-state index contributed by atoms with van der Waals surface area (Å²) >= 11 is 12.1. The van der Waals surface area contributed by atoms with E-state index < -0.39 is 11.3 Å². The summed E-state index contributed by atoms with van der Waals surface area (Å²) in [6.07, 6.45) is 0. The third-order valence-corrected chi connectivity index (χ3v) is 5.95. The van der Waals surface area contributed by atoms with E-state index in [-0.39, 0.29) is 17.8 Å². The van der Waals surface area contributed by atoms with Crippen LogP contribution in [0.3, 0.4) is 0 Å². The lowest BCUT2D eigenvalue weighted by molar-refractivity contribution is 0.306. The number of methoxy groups -OCH3 is 1. The molecule has 8 heteroatoms. The van der Waals surface area contributed by atoms with E-state index in [4.69, 9.17) is 41.5 Å². The highest BCUT2D eigenvalue weighted by Crippen LogP contribution is 2.32. The van der Waals surface area contributed by atoms with Crippen molar-refractivity contribution in [2.24, 2.45) is 0 Å². The second kappa shape index (κ2) is 8.89. The summed E-state index contributed by atoms with van der Waals surface area (Å²) in [6, 6.07) is 18.4. The highest BCUT2D eigenvalue weighted by molar-refractivity contribution is 6.35. The summed E-state index contributed by atoms with van der Waals surface area (Å²) in [5, 5.41) is 2.24. The molecule has 5 aromatic rings. The fourth-order valence-corrected chi connectivity index (χ4v) is 4.18. The molecule has 0 unspecified atom stereocenters. The van der Waals surface area contributed by atoms with Gasteiger partial charge in [-0.3, -0.25) is 0 Å². The highest BCUT2D eigenvalue weighted by Gasteiger charge is 2.16. The van der Waals surface area contributed by atoms with Crippen molar-refractivity contribution in [1.82, 2.24) is 0 Å². The van der Waals surface area contributed by atoms with Gasteiger partial charge in [-0.1, -0.05) is 41.4 Å². The van der Waals surface area contributed by atoms with Crippen LogP contribution in [-0.2, 0) is 6.61 Å². The van der Waals surface area contributed by atoms with Crippen LogP contribution >= 0.6 is 23.2 Å². The maximum absolute atomic E-state index is 12.8. The van der Waals surface area contributed by atoms with Gasteiger partial charge >= 0.3 is 11.3 Å². The Morgan fingerprint density at radius 2 is 1.74 bits per heavy atom. The first-order valence-corrected chi connectivity index (χ1v) is 10.9. The lowest BCUT2D eigenvalue weighted by atomic mass is 10.0. The Hall–Kier alpha value is -3.74. The molecule has 0 atom stereocenters. The van der Waals surface area contributed by atoms with Gasteiger partial charge in [0.2, 0.25) is 0 Å². The van der Waals surface area contributed by atoms with Crippen LogP contribution in [-0.4, -0.2) is 7.11 Å². The van der Waals surface area contributed by atoms with E-state index >= 15 is 0 Å². The minimum atomic E-state index is -0.606. The summed E-state index contributed by atoms with van der Waals surface area (Å²) in [5.41, 5.74) is 0.796. The zero-order chi connectivity index (χ0) is 23.8. The molecular weight excluding hydrogens is 479 g/mol. The monoisotopic (exact) mass is 494 g/mol. The average Bonchev–Trinajstić information content (AvgIpc) is 2.82. The number of halogens is 2. The number of ether oxygens (including phenoxy) is 2. The van der Waals surface area contributed by atoms with Crippen LogP contribution < -0.4 is 20.7 Å². The number of hydrogen-bond donors (Lipinski definition) is 0. The third kappa shape index (κ3) is 4.14. The van der Waals surface area contributed by atoms with E-state index in [0.29, 0.717) is 43.5 Å². The number of fused-ring (bicyclic) bond motifs is 2. The van der Waals surface area contributed by atoms with Gasteiger partial charge in [-0.15, -0.1) is 0 Å². The van der Waals surface area contributed by atoms with E-state index in [2.05, 4.69) is 0 Å². The van der Waals surface area contributed by atoms with Gasteiger partial charge in [0.15, 0.2) is 11.3 Å². The Morgan fingerprint density at radius 1 is 0.882 bits per heavy atom. The van der Waals surface area contributed by atoms with Crippen LogP contribution in [0.15, 0.2) is 85.2 Å². The molecule has 0 spiro atoms. The van der Waals surface area contributed by atoms with Crippen molar-refractivity contribution in [3.8, 4) is 22.6 Å². The molecule has 6 nitrogen and oxygen atoms in total. The van der Waals surface area contributed by atoms with Gasteiger partial charge in [0.25, 0.3) is 0 Å². The minimum Gasteiger partial charge on any atom is -0.493 e. The molecule has 0 fully saturated rings. The van der Waals surface area contributed by atoms with Crippen LogP contribution in [0.25, 0.3) is 33.1 Å². The molecule has 34 heavy (non-hydrogen) atoms. The van der Waals surface area contributed by atoms with Gasteiger partial charge in [-0.05, 0) is 36.4 Å². The molecule has 2 aromatic heterocycles. The molecule has 0 saturated heterocycles. The van der Waals surface area contributed by atoms with E-state index in [1.807, 2.05) is 0 Å². The van der Waals surface area contributed by atoms with Crippen LogP contribution in [0.4, 0.5) is 0 Å². The molecule has 0 aliphatic carbocycles. The standard InChI is InChI=1S/C26H16Cl2O6/c1-31-22-4-2-3-14-9-20(26(30)34-25(14)22)19-12-24(29)33-23-11-17(7-8-18(19)23)32-13-15-5-6-16(27)10-21(15)28/h2-12H,13H2,1H3. The molecule has 2 heterocycles. The van der Waals surface area contributed by atoms with Crippen molar-refractivity contribution >= 4 is 45.1 Å². The topological polar surface area (TPSA) is 78.9 Å². The summed E-state index contributed by atoms with van der Waals surface area (Å²) in [6.45, 7) is 0.196. The Morgan fingerprint density at radius 3 is 2.53 bits per heavy atom. The Labute approximate surface area is 202 Å². The smallest absolute Gasteiger partial charge is 0.344 e. The molecule has 3 aromatic carbocycles. The van der Waals surface area contributed by atoms with Crippen molar-refractivity contribution in [1.29, 1.82) is 0 Å². The average molecular weight is 495 g/mol. The summed E-state index contributed by atoms with van der Waals surface area (Å²) in [7, 11) is 1.50. The molecule has 0 radical (unpaired) electrons. The van der Waals surface area contributed by atoms with Crippen LogP contribution in [0.1, 0.15) is 5.56 Å². The second-order valence-electron chi connectivity index (χ2n) is 7.49.